The molecule has 0 unspecified atom stereocenters. The number of hydrogen-bond donors (Lipinski definition) is 1. The summed E-state index contributed by atoms with van der Waals surface area (Å²) >= 11 is 2.43. The molecule has 1 heterocycles. The zero-order valence-corrected chi connectivity index (χ0v) is 12.9. The molecule has 110 valence electrons. The molecule has 0 aliphatic heterocycles. The third-order valence-electron chi connectivity index (χ3n) is 2.46. The molecule has 0 radical (unpaired) electrons. The smallest absolute Gasteiger partial charge is 0.413 e. The Morgan fingerprint density at radius 3 is 3.14 bits per heavy atom. The summed E-state index contributed by atoms with van der Waals surface area (Å²) in [5, 5.41) is 13.7. The highest BCUT2D eigenvalue weighted by molar-refractivity contribution is 8.03. The van der Waals surface area contributed by atoms with Gasteiger partial charge in [0.1, 0.15) is 5.40 Å². The Hall–Kier alpha value is -1.82. The third kappa shape index (κ3) is 4.60. The van der Waals surface area contributed by atoms with Crippen molar-refractivity contribution in [1.29, 1.82) is 5.26 Å². The zero-order valence-electron chi connectivity index (χ0n) is 11.3. The maximum absolute atomic E-state index is 11.6. The fourth-order valence-corrected chi connectivity index (χ4v) is 2.95. The first kappa shape index (κ1) is 15.6. The van der Waals surface area contributed by atoms with Crippen LogP contribution in [0.25, 0.3) is 10.2 Å². The number of aromatic nitrogens is 1. The summed E-state index contributed by atoms with van der Waals surface area (Å²) < 4.78 is 10.8. The second kappa shape index (κ2) is 7.83. The molecule has 2 rings (SSSR count). The summed E-state index contributed by atoms with van der Waals surface area (Å²) in [6.07, 6.45) is 0.121. The van der Waals surface area contributed by atoms with E-state index in [1.807, 2.05) is 23.6 Å². The van der Waals surface area contributed by atoms with Gasteiger partial charge in [-0.15, -0.1) is 0 Å². The molecular weight excluding hydrogens is 310 g/mol. The van der Waals surface area contributed by atoms with Crippen LogP contribution in [0, 0.1) is 10.7 Å². The predicted molar refractivity (Wildman–Crippen MR) is 82.6 cm³/mol. The van der Waals surface area contributed by atoms with Crippen molar-refractivity contribution in [2.75, 3.05) is 25.6 Å². The Kier molecular flexibility index (Phi) is 5.80. The summed E-state index contributed by atoms with van der Waals surface area (Å²) in [5.41, 5.74) is 0.775. The van der Waals surface area contributed by atoms with E-state index in [4.69, 9.17) is 14.7 Å². The lowest BCUT2D eigenvalue weighted by Crippen LogP contribution is -2.14. The third-order valence-corrected chi connectivity index (χ3v) is 3.97. The highest BCUT2D eigenvalue weighted by Crippen LogP contribution is 2.29. The molecule has 0 fully saturated rings. The molecule has 0 aliphatic rings. The van der Waals surface area contributed by atoms with Gasteiger partial charge in [0.05, 0.1) is 16.8 Å². The van der Waals surface area contributed by atoms with E-state index < -0.39 is 6.09 Å². The lowest BCUT2D eigenvalue weighted by Gasteiger charge is -2.03. The Morgan fingerprint density at radius 2 is 2.38 bits per heavy atom. The monoisotopic (exact) mass is 323 g/mol. The van der Waals surface area contributed by atoms with Crippen molar-refractivity contribution < 1.29 is 14.3 Å². The summed E-state index contributed by atoms with van der Waals surface area (Å²) in [4.78, 5) is 16.7. The Labute approximate surface area is 130 Å². The summed E-state index contributed by atoms with van der Waals surface area (Å²) in [6, 6.07) is 5.51. The second-order valence-electron chi connectivity index (χ2n) is 3.95. The molecule has 1 amide bonds. The van der Waals surface area contributed by atoms with Gasteiger partial charge in [0.25, 0.3) is 0 Å². The number of anilines is 1. The summed E-state index contributed by atoms with van der Waals surface area (Å²) in [5.74, 6) is 0. The normalized spacial score (nSPS) is 10.3. The number of rotatable bonds is 6. The van der Waals surface area contributed by atoms with E-state index in [0.717, 1.165) is 26.9 Å². The first-order chi connectivity index (χ1) is 10.2. The molecular formula is C13H13N3O3S2. The zero-order chi connectivity index (χ0) is 15.1. The van der Waals surface area contributed by atoms with E-state index in [-0.39, 0.29) is 0 Å². The first-order valence-electron chi connectivity index (χ1n) is 6.12. The van der Waals surface area contributed by atoms with Crippen LogP contribution >= 0.6 is 23.1 Å². The number of carbonyl (C=O) groups excluding carboxylic acids is 1. The van der Waals surface area contributed by atoms with E-state index in [1.165, 1.54) is 11.3 Å². The predicted octanol–water partition coefficient (Wildman–Crippen LogP) is 3.45. The number of nitrogens with zero attached hydrogens (tertiary/aromatic N) is 2. The van der Waals surface area contributed by atoms with Gasteiger partial charge in [0.15, 0.2) is 5.13 Å². The molecule has 0 saturated carbocycles. The number of carbonyl (C=O) groups is 1. The van der Waals surface area contributed by atoms with Crippen molar-refractivity contribution in [2.45, 2.75) is 11.3 Å². The molecule has 1 aromatic heterocycles. The van der Waals surface area contributed by atoms with Crippen molar-refractivity contribution in [1.82, 2.24) is 4.98 Å². The van der Waals surface area contributed by atoms with Crippen LogP contribution in [0.5, 0.6) is 0 Å². The van der Waals surface area contributed by atoms with Crippen LogP contribution in [-0.4, -0.2) is 31.4 Å². The van der Waals surface area contributed by atoms with Crippen LogP contribution in [0.2, 0.25) is 0 Å². The van der Waals surface area contributed by atoms with Crippen molar-refractivity contribution in [3.8, 4) is 5.40 Å². The SMILES string of the molecule is COCCCOC(=O)Nc1nc2ccc(SC#N)cc2s1. The summed E-state index contributed by atoms with van der Waals surface area (Å²) in [7, 11) is 1.60. The molecule has 8 heteroatoms. The van der Waals surface area contributed by atoms with Crippen molar-refractivity contribution >= 4 is 44.5 Å². The number of methoxy groups -OCH3 is 1. The van der Waals surface area contributed by atoms with Gasteiger partial charge in [-0.25, -0.2) is 9.78 Å². The maximum Gasteiger partial charge on any atom is 0.413 e. The number of nitrogens with one attached hydrogen (secondary N) is 1. The number of hydrogen-bond acceptors (Lipinski definition) is 7. The highest BCUT2D eigenvalue weighted by Gasteiger charge is 2.09. The fourth-order valence-electron chi connectivity index (χ4n) is 1.57. The number of nitriles is 1. The van der Waals surface area contributed by atoms with Gasteiger partial charge < -0.3 is 9.47 Å². The molecule has 0 saturated heterocycles. The van der Waals surface area contributed by atoms with Crippen molar-refractivity contribution in [3.05, 3.63) is 18.2 Å². The number of benzene rings is 1. The molecule has 21 heavy (non-hydrogen) atoms. The molecule has 2 aromatic rings. The van der Waals surface area contributed by atoms with Crippen LogP contribution in [-0.2, 0) is 9.47 Å². The van der Waals surface area contributed by atoms with E-state index in [9.17, 15) is 4.79 Å². The van der Waals surface area contributed by atoms with Gasteiger partial charge in [0, 0.05) is 25.0 Å². The molecule has 6 nitrogen and oxygen atoms in total. The van der Waals surface area contributed by atoms with Gasteiger partial charge in [-0.3, -0.25) is 5.32 Å². The van der Waals surface area contributed by atoms with Crippen molar-refractivity contribution in [3.63, 3.8) is 0 Å². The number of thioether (sulfide) groups is 1. The maximum atomic E-state index is 11.6. The summed E-state index contributed by atoms with van der Waals surface area (Å²) in [6.45, 7) is 0.848. The molecule has 0 spiro atoms. The molecule has 1 aromatic carbocycles. The van der Waals surface area contributed by atoms with E-state index >= 15 is 0 Å². The van der Waals surface area contributed by atoms with Crippen LogP contribution in [0.3, 0.4) is 0 Å². The lowest BCUT2D eigenvalue weighted by atomic mass is 10.3. The Balaban J connectivity index is 1.96. The van der Waals surface area contributed by atoms with Crippen LogP contribution in [0.1, 0.15) is 6.42 Å². The number of amides is 1. The molecule has 0 atom stereocenters. The second-order valence-corrected chi connectivity index (χ2v) is 5.84. The van der Waals surface area contributed by atoms with Crippen LogP contribution < -0.4 is 5.32 Å². The molecule has 0 bridgehead atoms. The first-order valence-corrected chi connectivity index (χ1v) is 7.75. The highest BCUT2D eigenvalue weighted by atomic mass is 32.2. The van der Waals surface area contributed by atoms with Gasteiger partial charge in [-0.1, -0.05) is 11.3 Å². The van der Waals surface area contributed by atoms with Crippen LogP contribution in [0.15, 0.2) is 23.1 Å². The van der Waals surface area contributed by atoms with E-state index in [1.54, 1.807) is 7.11 Å². The van der Waals surface area contributed by atoms with Crippen LogP contribution in [0.4, 0.5) is 9.93 Å². The quantitative estimate of drug-likeness (QED) is 0.498. The standard InChI is InChI=1S/C13H13N3O3S2/c1-18-5-2-6-19-13(17)16-12-15-10-4-3-9(20-8-14)7-11(10)21-12/h3-4,7H,2,5-6H2,1H3,(H,15,16,17). The largest absolute Gasteiger partial charge is 0.449 e. The number of thiocyanates is 1. The van der Waals surface area contributed by atoms with E-state index in [2.05, 4.69) is 10.3 Å². The van der Waals surface area contributed by atoms with Gasteiger partial charge in [-0.05, 0) is 30.0 Å². The minimum Gasteiger partial charge on any atom is -0.449 e. The lowest BCUT2D eigenvalue weighted by molar-refractivity contribution is 0.134. The van der Waals surface area contributed by atoms with Gasteiger partial charge in [0.2, 0.25) is 0 Å². The number of thiazole rings is 1. The molecule has 1 N–H and O–H groups in total. The molecule has 0 aliphatic carbocycles. The fraction of sp³-hybridized carbons (Fsp3) is 0.308. The minimum absolute atomic E-state index is 0.299. The number of fused-ring (bicyclic) bond motifs is 1. The Morgan fingerprint density at radius 1 is 1.52 bits per heavy atom. The average molecular weight is 323 g/mol. The van der Waals surface area contributed by atoms with Gasteiger partial charge in [-0.2, -0.15) is 5.26 Å². The number of ether oxygens (including phenoxy) is 2. The minimum atomic E-state index is -0.531. The van der Waals surface area contributed by atoms with E-state index in [0.29, 0.717) is 24.8 Å². The van der Waals surface area contributed by atoms with Gasteiger partial charge >= 0.3 is 6.09 Å². The topological polar surface area (TPSA) is 84.2 Å². The van der Waals surface area contributed by atoms with Crippen molar-refractivity contribution in [2.24, 2.45) is 0 Å². The average Bonchev–Trinajstić information content (AvgIpc) is 2.85. The Bertz CT molecular complexity index is 666.